The van der Waals surface area contributed by atoms with Crippen molar-refractivity contribution >= 4 is 29.2 Å². The molecule has 0 aliphatic carbocycles. The van der Waals surface area contributed by atoms with Crippen LogP contribution in [-0.4, -0.2) is 24.4 Å². The number of ether oxygens (including phenoxy) is 1. The van der Waals surface area contributed by atoms with Gasteiger partial charge >= 0.3 is 17.8 Å². The largest absolute Gasteiger partial charge is 0.462 e. The summed E-state index contributed by atoms with van der Waals surface area (Å²) < 4.78 is 31.8. The molecule has 2 aromatic carbocycles. The number of para-hydroxylation sites is 1. The highest BCUT2D eigenvalue weighted by Crippen LogP contribution is 2.18. The maximum Gasteiger partial charge on any atom is 0.340 e. The Morgan fingerprint density at radius 3 is 2.33 bits per heavy atom. The fourth-order valence-electron chi connectivity index (χ4n) is 2.11. The van der Waals surface area contributed by atoms with E-state index in [-0.39, 0.29) is 17.9 Å². The van der Waals surface area contributed by atoms with Crippen LogP contribution in [0.4, 0.5) is 20.2 Å². The van der Waals surface area contributed by atoms with Gasteiger partial charge in [0, 0.05) is 6.07 Å². The Morgan fingerprint density at radius 2 is 1.63 bits per heavy atom. The molecule has 0 bridgehead atoms. The first kappa shape index (κ1) is 20.0. The van der Waals surface area contributed by atoms with E-state index in [9.17, 15) is 23.2 Å². The zero-order valence-corrected chi connectivity index (χ0v) is 14.6. The molecule has 0 spiro atoms. The average molecular weight is 376 g/mol. The number of amides is 2. The standard InChI is InChI=1S/C19H18F2N2O4/c1-2-3-10-27-19(26)13-6-4-5-7-15(13)22-17(24)18(25)23-16-11-12(20)8-9-14(16)21/h4-9,11H,2-3,10H2,1H3,(H,22,24)(H,23,25). The summed E-state index contributed by atoms with van der Waals surface area (Å²) in [7, 11) is 0. The van der Waals surface area contributed by atoms with Gasteiger partial charge in [-0.2, -0.15) is 0 Å². The SMILES string of the molecule is CCCCOC(=O)c1ccccc1NC(=O)C(=O)Nc1cc(F)ccc1F. The Hall–Kier alpha value is -3.29. The Morgan fingerprint density at radius 1 is 0.963 bits per heavy atom. The smallest absolute Gasteiger partial charge is 0.340 e. The molecule has 0 radical (unpaired) electrons. The van der Waals surface area contributed by atoms with Crippen molar-refractivity contribution in [1.29, 1.82) is 0 Å². The maximum atomic E-state index is 13.6. The van der Waals surface area contributed by atoms with Crippen LogP contribution in [0.5, 0.6) is 0 Å². The van der Waals surface area contributed by atoms with Gasteiger partial charge in [-0.05, 0) is 30.7 Å². The van der Waals surface area contributed by atoms with Crippen LogP contribution in [0.1, 0.15) is 30.1 Å². The van der Waals surface area contributed by atoms with Crippen molar-refractivity contribution in [3.8, 4) is 0 Å². The van der Waals surface area contributed by atoms with E-state index in [1.807, 2.05) is 12.2 Å². The van der Waals surface area contributed by atoms with Crippen LogP contribution >= 0.6 is 0 Å². The summed E-state index contributed by atoms with van der Waals surface area (Å²) in [4.78, 5) is 36.1. The number of benzene rings is 2. The molecule has 2 N–H and O–H groups in total. The van der Waals surface area contributed by atoms with E-state index >= 15 is 0 Å². The fourth-order valence-corrected chi connectivity index (χ4v) is 2.11. The van der Waals surface area contributed by atoms with Crippen LogP contribution in [0, 0.1) is 11.6 Å². The summed E-state index contributed by atoms with van der Waals surface area (Å²) in [5.41, 5.74) is -0.326. The van der Waals surface area contributed by atoms with Crippen molar-refractivity contribution in [2.24, 2.45) is 0 Å². The Balaban J connectivity index is 2.08. The molecule has 0 saturated heterocycles. The van der Waals surface area contributed by atoms with Gasteiger partial charge in [0.2, 0.25) is 0 Å². The molecule has 0 aromatic heterocycles. The van der Waals surface area contributed by atoms with Crippen molar-refractivity contribution in [2.75, 3.05) is 17.2 Å². The lowest BCUT2D eigenvalue weighted by atomic mass is 10.1. The summed E-state index contributed by atoms with van der Waals surface area (Å²) in [6.07, 6.45) is 1.55. The van der Waals surface area contributed by atoms with E-state index in [0.717, 1.165) is 24.6 Å². The summed E-state index contributed by atoms with van der Waals surface area (Å²) in [5.74, 6) is -4.67. The summed E-state index contributed by atoms with van der Waals surface area (Å²) in [5, 5.41) is 4.25. The maximum absolute atomic E-state index is 13.6. The van der Waals surface area contributed by atoms with Gasteiger partial charge in [-0.15, -0.1) is 0 Å². The molecule has 6 nitrogen and oxygen atoms in total. The first-order valence-corrected chi connectivity index (χ1v) is 8.26. The van der Waals surface area contributed by atoms with Gasteiger partial charge in [0.15, 0.2) is 0 Å². The van der Waals surface area contributed by atoms with Crippen LogP contribution in [0.25, 0.3) is 0 Å². The van der Waals surface area contributed by atoms with Crippen molar-refractivity contribution in [3.63, 3.8) is 0 Å². The van der Waals surface area contributed by atoms with Crippen molar-refractivity contribution in [3.05, 3.63) is 59.7 Å². The molecule has 0 aliphatic heterocycles. The third kappa shape index (κ3) is 5.60. The second kappa shape index (κ2) is 9.42. The van der Waals surface area contributed by atoms with E-state index in [0.29, 0.717) is 6.42 Å². The molecule has 0 unspecified atom stereocenters. The first-order valence-electron chi connectivity index (χ1n) is 8.26. The first-order chi connectivity index (χ1) is 12.9. The van der Waals surface area contributed by atoms with E-state index in [1.165, 1.54) is 12.1 Å². The summed E-state index contributed by atoms with van der Waals surface area (Å²) >= 11 is 0. The third-order valence-electron chi connectivity index (χ3n) is 3.51. The number of hydrogen-bond acceptors (Lipinski definition) is 4. The third-order valence-corrected chi connectivity index (χ3v) is 3.51. The minimum absolute atomic E-state index is 0.0684. The molecular formula is C19H18F2N2O4. The normalized spacial score (nSPS) is 10.2. The molecule has 0 saturated carbocycles. The van der Waals surface area contributed by atoms with Gasteiger partial charge in [-0.3, -0.25) is 9.59 Å². The zero-order chi connectivity index (χ0) is 19.8. The van der Waals surface area contributed by atoms with Gasteiger partial charge in [-0.1, -0.05) is 25.5 Å². The molecule has 0 atom stereocenters. The molecule has 0 fully saturated rings. The number of carbonyl (C=O) groups excluding carboxylic acids is 3. The predicted molar refractivity (Wildman–Crippen MR) is 95.2 cm³/mol. The number of carbonyl (C=O) groups is 3. The highest BCUT2D eigenvalue weighted by Gasteiger charge is 2.20. The molecule has 0 heterocycles. The van der Waals surface area contributed by atoms with E-state index in [1.54, 1.807) is 12.1 Å². The van der Waals surface area contributed by atoms with Gasteiger partial charge < -0.3 is 15.4 Å². The quantitative estimate of drug-likeness (QED) is 0.459. The number of esters is 1. The highest BCUT2D eigenvalue weighted by molar-refractivity contribution is 6.44. The average Bonchev–Trinajstić information content (AvgIpc) is 2.65. The number of anilines is 2. The minimum atomic E-state index is -1.21. The van der Waals surface area contributed by atoms with E-state index < -0.39 is 35.1 Å². The number of unbranched alkanes of at least 4 members (excludes halogenated alkanes) is 1. The van der Waals surface area contributed by atoms with Crippen molar-refractivity contribution in [2.45, 2.75) is 19.8 Å². The van der Waals surface area contributed by atoms with Crippen LogP contribution in [0.2, 0.25) is 0 Å². The molecule has 27 heavy (non-hydrogen) atoms. The lowest BCUT2D eigenvalue weighted by molar-refractivity contribution is -0.133. The van der Waals surface area contributed by atoms with E-state index in [2.05, 4.69) is 5.32 Å². The molecule has 2 aromatic rings. The zero-order valence-electron chi connectivity index (χ0n) is 14.6. The van der Waals surface area contributed by atoms with Crippen LogP contribution in [-0.2, 0) is 14.3 Å². The van der Waals surface area contributed by atoms with Crippen molar-refractivity contribution in [1.82, 2.24) is 0 Å². The number of rotatable bonds is 6. The highest BCUT2D eigenvalue weighted by atomic mass is 19.1. The van der Waals surface area contributed by atoms with Gasteiger partial charge in [0.05, 0.1) is 23.5 Å². The van der Waals surface area contributed by atoms with Crippen LogP contribution in [0.3, 0.4) is 0 Å². The summed E-state index contributed by atoms with van der Waals surface area (Å²) in [6, 6.07) is 8.45. The van der Waals surface area contributed by atoms with Crippen LogP contribution < -0.4 is 10.6 Å². The molecule has 2 amide bonds. The van der Waals surface area contributed by atoms with Crippen molar-refractivity contribution < 1.29 is 27.9 Å². The molecule has 8 heteroatoms. The Bertz CT molecular complexity index is 855. The fraction of sp³-hybridized carbons (Fsp3) is 0.211. The molecular weight excluding hydrogens is 358 g/mol. The number of hydrogen-bond donors (Lipinski definition) is 2. The second-order valence-electron chi connectivity index (χ2n) is 5.57. The Labute approximate surface area is 154 Å². The van der Waals surface area contributed by atoms with Crippen LogP contribution in [0.15, 0.2) is 42.5 Å². The topological polar surface area (TPSA) is 84.5 Å². The second-order valence-corrected chi connectivity index (χ2v) is 5.57. The number of nitrogens with one attached hydrogen (secondary N) is 2. The minimum Gasteiger partial charge on any atom is -0.462 e. The van der Waals surface area contributed by atoms with E-state index in [4.69, 9.17) is 4.74 Å². The molecule has 142 valence electrons. The lowest BCUT2D eigenvalue weighted by Crippen LogP contribution is -2.30. The van der Waals surface area contributed by atoms with Gasteiger partial charge in [0.1, 0.15) is 11.6 Å². The monoisotopic (exact) mass is 376 g/mol. The Kier molecular flexibility index (Phi) is 6.99. The molecule has 2 rings (SSSR count). The lowest BCUT2D eigenvalue weighted by Gasteiger charge is -2.11. The van der Waals surface area contributed by atoms with Gasteiger partial charge in [-0.25, -0.2) is 13.6 Å². The number of halogens is 2. The summed E-state index contributed by atoms with van der Waals surface area (Å²) in [6.45, 7) is 2.18. The van der Waals surface area contributed by atoms with Gasteiger partial charge in [0.25, 0.3) is 0 Å². The predicted octanol–water partition coefficient (Wildman–Crippen LogP) is 3.50. The molecule has 0 aliphatic rings.